The third-order valence-corrected chi connectivity index (χ3v) is 2.73. The maximum atomic E-state index is 5.49. The summed E-state index contributed by atoms with van der Waals surface area (Å²) in [5, 5.41) is 0. The SMILES string of the molecule is CCCCCC/C=C1\COC(OCC)C1. The Bertz CT molecular complexity index is 187. The van der Waals surface area contributed by atoms with Gasteiger partial charge in [0.15, 0.2) is 6.29 Å². The van der Waals surface area contributed by atoms with Gasteiger partial charge in [-0.05, 0) is 25.3 Å². The first kappa shape index (κ1) is 12.7. The zero-order chi connectivity index (χ0) is 10.9. The number of ether oxygens (including phenoxy) is 2. The summed E-state index contributed by atoms with van der Waals surface area (Å²) in [5.41, 5.74) is 1.42. The third-order valence-electron chi connectivity index (χ3n) is 2.73. The molecule has 1 rings (SSSR count). The molecule has 1 saturated heterocycles. The Morgan fingerprint density at radius 2 is 2.20 bits per heavy atom. The van der Waals surface area contributed by atoms with E-state index < -0.39 is 0 Å². The van der Waals surface area contributed by atoms with E-state index in [1.807, 2.05) is 6.92 Å². The van der Waals surface area contributed by atoms with E-state index >= 15 is 0 Å². The van der Waals surface area contributed by atoms with Crippen LogP contribution >= 0.6 is 0 Å². The van der Waals surface area contributed by atoms with Crippen LogP contribution in [0.15, 0.2) is 11.6 Å². The molecule has 1 aliphatic rings. The summed E-state index contributed by atoms with van der Waals surface area (Å²) in [6.45, 7) is 5.78. The zero-order valence-corrected chi connectivity index (χ0v) is 10.1. The van der Waals surface area contributed by atoms with Gasteiger partial charge in [-0.25, -0.2) is 0 Å². The Morgan fingerprint density at radius 3 is 2.93 bits per heavy atom. The average Bonchev–Trinajstić information content (AvgIpc) is 2.66. The molecular weight excluding hydrogens is 188 g/mol. The van der Waals surface area contributed by atoms with Gasteiger partial charge in [0, 0.05) is 13.0 Å². The molecule has 1 fully saturated rings. The van der Waals surface area contributed by atoms with E-state index in [1.165, 1.54) is 37.7 Å². The Balaban J connectivity index is 2.08. The van der Waals surface area contributed by atoms with E-state index in [9.17, 15) is 0 Å². The minimum absolute atomic E-state index is 0.0249. The highest BCUT2D eigenvalue weighted by molar-refractivity contribution is 5.06. The molecule has 0 aromatic heterocycles. The molecule has 0 aliphatic carbocycles. The van der Waals surface area contributed by atoms with Gasteiger partial charge >= 0.3 is 0 Å². The van der Waals surface area contributed by atoms with Gasteiger partial charge in [0.2, 0.25) is 0 Å². The van der Waals surface area contributed by atoms with Crippen LogP contribution in [0.5, 0.6) is 0 Å². The molecule has 0 saturated carbocycles. The fourth-order valence-corrected chi connectivity index (χ4v) is 1.84. The monoisotopic (exact) mass is 212 g/mol. The second-order valence-electron chi connectivity index (χ2n) is 4.11. The lowest BCUT2D eigenvalue weighted by Gasteiger charge is -2.06. The highest BCUT2D eigenvalue weighted by atomic mass is 16.7. The van der Waals surface area contributed by atoms with Crippen LogP contribution in [0.3, 0.4) is 0 Å². The molecule has 0 aromatic rings. The van der Waals surface area contributed by atoms with Gasteiger partial charge in [-0.2, -0.15) is 0 Å². The minimum Gasteiger partial charge on any atom is -0.353 e. The van der Waals surface area contributed by atoms with Crippen molar-refractivity contribution in [3.8, 4) is 0 Å². The lowest BCUT2D eigenvalue weighted by molar-refractivity contribution is -0.106. The van der Waals surface area contributed by atoms with E-state index in [4.69, 9.17) is 9.47 Å². The van der Waals surface area contributed by atoms with Crippen LogP contribution in [-0.4, -0.2) is 19.5 Å². The Kier molecular flexibility index (Phi) is 6.69. The molecule has 1 aliphatic heterocycles. The topological polar surface area (TPSA) is 18.5 Å². The predicted octanol–water partition coefficient (Wildman–Crippen LogP) is 3.67. The van der Waals surface area contributed by atoms with Gasteiger partial charge in [-0.3, -0.25) is 0 Å². The van der Waals surface area contributed by atoms with Crippen molar-refractivity contribution in [2.45, 2.75) is 58.7 Å². The highest BCUT2D eigenvalue weighted by Gasteiger charge is 2.19. The van der Waals surface area contributed by atoms with Gasteiger partial charge < -0.3 is 9.47 Å². The highest BCUT2D eigenvalue weighted by Crippen LogP contribution is 2.20. The molecule has 0 radical (unpaired) electrons. The van der Waals surface area contributed by atoms with Gasteiger partial charge in [-0.15, -0.1) is 0 Å². The zero-order valence-electron chi connectivity index (χ0n) is 10.1. The van der Waals surface area contributed by atoms with Crippen LogP contribution < -0.4 is 0 Å². The lowest BCUT2D eigenvalue weighted by Crippen LogP contribution is -2.09. The van der Waals surface area contributed by atoms with Crippen molar-refractivity contribution in [3.63, 3.8) is 0 Å². The Labute approximate surface area is 93.7 Å². The molecule has 2 heteroatoms. The van der Waals surface area contributed by atoms with Crippen molar-refractivity contribution >= 4 is 0 Å². The molecule has 2 nitrogen and oxygen atoms in total. The molecule has 0 N–H and O–H groups in total. The first-order chi connectivity index (χ1) is 7.36. The molecule has 0 bridgehead atoms. The fraction of sp³-hybridized carbons (Fsp3) is 0.846. The lowest BCUT2D eigenvalue weighted by atomic mass is 10.1. The second-order valence-corrected chi connectivity index (χ2v) is 4.11. The summed E-state index contributed by atoms with van der Waals surface area (Å²) in [7, 11) is 0. The third kappa shape index (κ3) is 5.33. The summed E-state index contributed by atoms with van der Waals surface area (Å²) >= 11 is 0. The van der Waals surface area contributed by atoms with Gasteiger partial charge in [0.05, 0.1) is 6.61 Å². The average molecular weight is 212 g/mol. The molecule has 1 unspecified atom stereocenters. The summed E-state index contributed by atoms with van der Waals surface area (Å²) in [6.07, 6.45) is 9.89. The van der Waals surface area contributed by atoms with E-state index in [2.05, 4.69) is 13.0 Å². The van der Waals surface area contributed by atoms with Gasteiger partial charge in [-0.1, -0.05) is 32.3 Å². The van der Waals surface area contributed by atoms with Crippen molar-refractivity contribution in [2.24, 2.45) is 0 Å². The number of hydrogen-bond acceptors (Lipinski definition) is 2. The minimum atomic E-state index is 0.0249. The number of allylic oxidation sites excluding steroid dienone is 1. The quantitative estimate of drug-likeness (QED) is 0.473. The fourth-order valence-electron chi connectivity index (χ4n) is 1.84. The van der Waals surface area contributed by atoms with Crippen LogP contribution in [0, 0.1) is 0 Å². The maximum absolute atomic E-state index is 5.49. The number of unbranched alkanes of at least 4 members (excludes halogenated alkanes) is 4. The second kappa shape index (κ2) is 7.89. The van der Waals surface area contributed by atoms with Gasteiger partial charge in [0.25, 0.3) is 0 Å². The molecule has 1 atom stereocenters. The maximum Gasteiger partial charge on any atom is 0.161 e. The van der Waals surface area contributed by atoms with Crippen molar-refractivity contribution in [1.82, 2.24) is 0 Å². The van der Waals surface area contributed by atoms with Crippen molar-refractivity contribution in [3.05, 3.63) is 11.6 Å². The van der Waals surface area contributed by atoms with E-state index in [0.29, 0.717) is 0 Å². The first-order valence-corrected chi connectivity index (χ1v) is 6.28. The molecule has 15 heavy (non-hydrogen) atoms. The van der Waals surface area contributed by atoms with Crippen LogP contribution in [0.1, 0.15) is 52.4 Å². The van der Waals surface area contributed by atoms with Crippen LogP contribution in [0.25, 0.3) is 0 Å². The largest absolute Gasteiger partial charge is 0.353 e. The van der Waals surface area contributed by atoms with E-state index in [1.54, 1.807) is 0 Å². The molecule has 0 spiro atoms. The number of rotatable bonds is 7. The summed E-state index contributed by atoms with van der Waals surface area (Å²) < 4.78 is 10.9. The van der Waals surface area contributed by atoms with Crippen molar-refractivity contribution < 1.29 is 9.47 Å². The Hall–Kier alpha value is -0.340. The normalized spacial score (nSPS) is 23.9. The molecule has 88 valence electrons. The summed E-state index contributed by atoms with van der Waals surface area (Å²) in [5.74, 6) is 0. The van der Waals surface area contributed by atoms with Gasteiger partial charge in [0.1, 0.15) is 0 Å². The molecule has 1 heterocycles. The van der Waals surface area contributed by atoms with Crippen molar-refractivity contribution in [1.29, 1.82) is 0 Å². The Morgan fingerprint density at radius 1 is 1.33 bits per heavy atom. The molecule has 0 aromatic carbocycles. The van der Waals surface area contributed by atoms with E-state index in [0.717, 1.165) is 19.6 Å². The van der Waals surface area contributed by atoms with Crippen molar-refractivity contribution in [2.75, 3.05) is 13.2 Å². The standard InChI is InChI=1S/C13H24O2/c1-3-5-6-7-8-9-12-10-13(14-4-2)15-11-12/h9,13H,3-8,10-11H2,1-2H3/b12-9-. The molecule has 0 amide bonds. The predicted molar refractivity (Wildman–Crippen MR) is 62.8 cm³/mol. The van der Waals surface area contributed by atoms with E-state index in [-0.39, 0.29) is 6.29 Å². The van der Waals surface area contributed by atoms with Crippen LogP contribution in [0.4, 0.5) is 0 Å². The number of hydrogen-bond donors (Lipinski definition) is 0. The van der Waals surface area contributed by atoms with Crippen LogP contribution in [-0.2, 0) is 9.47 Å². The molecular formula is C13H24O2. The summed E-state index contributed by atoms with van der Waals surface area (Å²) in [4.78, 5) is 0. The first-order valence-electron chi connectivity index (χ1n) is 6.28. The van der Waals surface area contributed by atoms with Crippen LogP contribution in [0.2, 0.25) is 0 Å². The smallest absolute Gasteiger partial charge is 0.161 e. The summed E-state index contributed by atoms with van der Waals surface area (Å²) in [6, 6.07) is 0.